The summed E-state index contributed by atoms with van der Waals surface area (Å²) in [4.78, 5) is 26.1. The minimum atomic E-state index is -0.928. The van der Waals surface area contributed by atoms with Crippen LogP contribution in [0.25, 0.3) is 22.0 Å². The van der Waals surface area contributed by atoms with E-state index in [1.165, 1.54) is 30.5 Å². The van der Waals surface area contributed by atoms with Crippen LogP contribution in [0.4, 0.5) is 14.5 Å². The quantitative estimate of drug-likeness (QED) is 0.246. The fourth-order valence-electron chi connectivity index (χ4n) is 9.36. The zero-order valence-electron chi connectivity index (χ0n) is 29.3. The maximum absolute atomic E-state index is 17.1. The molecular formula is C40H45F2N5O5. The number of fused-ring (bicyclic) bond motifs is 3. The normalized spacial score (nSPS) is 28.2. The number of aldehydes is 1. The van der Waals surface area contributed by atoms with E-state index in [1.807, 2.05) is 4.90 Å². The third-order valence-electron chi connectivity index (χ3n) is 11.8. The van der Waals surface area contributed by atoms with Gasteiger partial charge in [-0.25, -0.2) is 13.8 Å². The van der Waals surface area contributed by atoms with Gasteiger partial charge in [0, 0.05) is 60.9 Å². The van der Waals surface area contributed by atoms with Crippen molar-refractivity contribution < 1.29 is 32.9 Å². The zero-order chi connectivity index (χ0) is 35.8. The zero-order valence-corrected chi connectivity index (χ0v) is 29.3. The lowest BCUT2D eigenvalue weighted by atomic mass is 9.74. The van der Waals surface area contributed by atoms with Crippen molar-refractivity contribution in [3.8, 4) is 29.4 Å². The minimum Gasteiger partial charge on any atom is -0.508 e. The monoisotopic (exact) mass is 713 g/mol. The second-order valence-electron chi connectivity index (χ2n) is 14.9. The number of nitrogens with one attached hydrogen (secondary N) is 1. The number of piperidine rings is 1. The van der Waals surface area contributed by atoms with Crippen LogP contribution < -0.4 is 5.32 Å². The minimum absolute atomic E-state index is 0.0414. The van der Waals surface area contributed by atoms with E-state index in [2.05, 4.69) is 21.1 Å². The largest absolute Gasteiger partial charge is 0.508 e. The predicted octanol–water partition coefficient (Wildman–Crippen LogP) is 5.69. The summed E-state index contributed by atoms with van der Waals surface area (Å²) in [7, 11) is 0. The molecule has 10 nitrogen and oxygen atoms in total. The van der Waals surface area contributed by atoms with Gasteiger partial charge in [-0.2, -0.15) is 0 Å². The number of benzene rings is 2. The number of aromatic hydroxyl groups is 1. The van der Waals surface area contributed by atoms with Crippen LogP contribution in [0, 0.1) is 35.3 Å². The van der Waals surface area contributed by atoms with Crippen molar-refractivity contribution in [2.45, 2.75) is 69.8 Å². The summed E-state index contributed by atoms with van der Waals surface area (Å²) in [5.41, 5.74) is 0.484. The average molecular weight is 714 g/mol. The molecule has 3 saturated heterocycles. The maximum atomic E-state index is 17.1. The number of aromatic nitrogens is 1. The van der Waals surface area contributed by atoms with Gasteiger partial charge >= 0.3 is 0 Å². The number of carbonyl (C=O) groups is 1. The molecule has 2 N–H and O–H groups in total. The standard InChI is InChI=1S/C40H45F2N5O5/c1-2-29-32(41)9-8-26-18-28(49)19-30(34(26)29)36-35(42)37-31(20-43-36)38(46-14-17-51-23-25(21-46)22-48)45-39(44-37)52-24-40-11-3-7-33(40)47(13-5-12-40)27-6-4-15-50-16-10-27/h1,8-9,18-20,22,25,27,33,39,44,49H,3-7,10-17,21,23-24H2/t25-,27?,33+,39?,40?/m0/s1. The van der Waals surface area contributed by atoms with Crippen molar-refractivity contribution >= 4 is 28.6 Å². The van der Waals surface area contributed by atoms with E-state index in [4.69, 9.17) is 25.6 Å². The summed E-state index contributed by atoms with van der Waals surface area (Å²) in [6.45, 7) is 4.60. The van der Waals surface area contributed by atoms with Gasteiger partial charge in [-0.1, -0.05) is 18.4 Å². The Morgan fingerprint density at radius 3 is 2.83 bits per heavy atom. The van der Waals surface area contributed by atoms with Crippen molar-refractivity contribution in [3.05, 3.63) is 53.2 Å². The number of amidine groups is 1. The lowest BCUT2D eigenvalue weighted by Crippen LogP contribution is -2.55. The molecule has 1 aliphatic carbocycles. The molecule has 2 aromatic carbocycles. The third kappa shape index (κ3) is 6.42. The van der Waals surface area contributed by atoms with Gasteiger partial charge in [-0.05, 0) is 75.1 Å². The highest BCUT2D eigenvalue weighted by atomic mass is 19.1. The van der Waals surface area contributed by atoms with Crippen LogP contribution in [0.2, 0.25) is 0 Å². The topological polar surface area (TPSA) is 109 Å². The van der Waals surface area contributed by atoms with E-state index >= 15 is 4.39 Å². The number of phenolic OH excluding ortho intramolecular Hbond substituents is 1. The van der Waals surface area contributed by atoms with E-state index in [-0.39, 0.29) is 45.7 Å². The molecule has 4 fully saturated rings. The SMILES string of the molecule is C#Cc1c(F)ccc2cc(O)cc(-c3ncc4c(c3F)NC(OCC35CCC[C@H]3N(C3CCCOCC3)CCC5)N=C4N3CCOC[C@H](C=O)C3)c12. The number of carbonyl (C=O) groups excluding carboxylic acids is 1. The Morgan fingerprint density at radius 2 is 1.96 bits per heavy atom. The number of terminal acetylenes is 1. The van der Waals surface area contributed by atoms with E-state index in [0.717, 1.165) is 77.4 Å². The molecule has 0 spiro atoms. The number of hydrogen-bond acceptors (Lipinski definition) is 10. The molecule has 5 atom stereocenters. The molecule has 5 aliphatic rings. The number of likely N-dealkylation sites (tertiary alicyclic amines) is 1. The molecule has 4 aliphatic heterocycles. The highest BCUT2D eigenvalue weighted by molar-refractivity contribution is 6.06. The summed E-state index contributed by atoms with van der Waals surface area (Å²) in [5.74, 6) is 0.971. The molecule has 3 aromatic rings. The Kier molecular flexibility index (Phi) is 9.87. The molecule has 5 heterocycles. The molecule has 52 heavy (non-hydrogen) atoms. The summed E-state index contributed by atoms with van der Waals surface area (Å²) >= 11 is 0. The van der Waals surface area contributed by atoms with Crippen LogP contribution in [0.1, 0.15) is 62.5 Å². The molecule has 0 radical (unpaired) electrons. The van der Waals surface area contributed by atoms with Crippen LogP contribution in [0.15, 0.2) is 35.5 Å². The number of rotatable bonds is 6. The van der Waals surface area contributed by atoms with Crippen LogP contribution >= 0.6 is 0 Å². The number of aliphatic imine (C=N–C) groups is 1. The summed E-state index contributed by atoms with van der Waals surface area (Å²) in [5, 5.41) is 14.6. The highest BCUT2D eigenvalue weighted by Crippen LogP contribution is 2.49. The number of halogens is 2. The lowest BCUT2D eigenvalue weighted by Gasteiger charge is -2.49. The van der Waals surface area contributed by atoms with Gasteiger partial charge in [0.05, 0.1) is 42.6 Å². The Hall–Kier alpha value is -4.15. The Morgan fingerprint density at radius 1 is 1.08 bits per heavy atom. The van der Waals surface area contributed by atoms with Gasteiger partial charge in [0.1, 0.15) is 29.4 Å². The fourth-order valence-corrected chi connectivity index (χ4v) is 9.36. The van der Waals surface area contributed by atoms with E-state index in [0.29, 0.717) is 55.2 Å². The van der Waals surface area contributed by atoms with E-state index in [9.17, 15) is 14.3 Å². The number of hydrogen-bond donors (Lipinski definition) is 2. The first kappa shape index (κ1) is 34.9. The third-order valence-corrected chi connectivity index (χ3v) is 11.8. The second kappa shape index (κ2) is 14.7. The van der Waals surface area contributed by atoms with Crippen LogP contribution in [0.5, 0.6) is 5.75 Å². The van der Waals surface area contributed by atoms with Crippen molar-refractivity contribution in [2.75, 3.05) is 58.0 Å². The molecule has 1 saturated carbocycles. The second-order valence-corrected chi connectivity index (χ2v) is 14.9. The summed E-state index contributed by atoms with van der Waals surface area (Å²) in [6.07, 6.45) is 15.9. The number of phenols is 1. The van der Waals surface area contributed by atoms with Crippen LogP contribution in [-0.2, 0) is 19.0 Å². The Labute approximate surface area is 302 Å². The molecule has 274 valence electrons. The van der Waals surface area contributed by atoms with Crippen molar-refractivity contribution in [3.63, 3.8) is 0 Å². The number of ether oxygens (including phenoxy) is 3. The first-order chi connectivity index (χ1) is 25.4. The van der Waals surface area contributed by atoms with Gasteiger partial charge in [0.25, 0.3) is 0 Å². The van der Waals surface area contributed by atoms with Crippen molar-refractivity contribution in [1.29, 1.82) is 0 Å². The fraction of sp³-hybridized carbons (Fsp3) is 0.525. The van der Waals surface area contributed by atoms with Gasteiger partial charge in [-0.3, -0.25) is 9.88 Å². The first-order valence-electron chi connectivity index (χ1n) is 18.6. The molecule has 0 amide bonds. The lowest BCUT2D eigenvalue weighted by molar-refractivity contribution is -0.112. The Bertz CT molecular complexity index is 1910. The van der Waals surface area contributed by atoms with E-state index < -0.39 is 23.9 Å². The number of pyridine rings is 1. The first-order valence-corrected chi connectivity index (χ1v) is 18.6. The molecule has 3 unspecified atom stereocenters. The van der Waals surface area contributed by atoms with Gasteiger partial charge in [-0.15, -0.1) is 6.42 Å². The molecule has 8 rings (SSSR count). The average Bonchev–Trinajstić information content (AvgIpc) is 3.29. The van der Waals surface area contributed by atoms with Crippen molar-refractivity contribution in [2.24, 2.45) is 16.3 Å². The van der Waals surface area contributed by atoms with Gasteiger partial charge < -0.3 is 34.3 Å². The Balaban J connectivity index is 1.16. The predicted molar refractivity (Wildman–Crippen MR) is 193 cm³/mol. The molecular weight excluding hydrogens is 668 g/mol. The number of anilines is 1. The van der Waals surface area contributed by atoms with Gasteiger partial charge in [0.15, 0.2) is 5.82 Å². The van der Waals surface area contributed by atoms with E-state index in [1.54, 1.807) is 0 Å². The van der Waals surface area contributed by atoms with Gasteiger partial charge in [0.2, 0.25) is 6.35 Å². The molecule has 0 bridgehead atoms. The van der Waals surface area contributed by atoms with Crippen LogP contribution in [0.3, 0.4) is 0 Å². The maximum Gasteiger partial charge on any atom is 0.227 e. The highest BCUT2D eigenvalue weighted by Gasteiger charge is 2.50. The number of nitrogens with zero attached hydrogens (tertiary/aromatic N) is 4. The summed E-state index contributed by atoms with van der Waals surface area (Å²) in [6, 6.07) is 6.43. The molecule has 1 aromatic heterocycles. The molecule has 12 heteroatoms. The smallest absolute Gasteiger partial charge is 0.227 e. The van der Waals surface area contributed by atoms with Crippen LogP contribution in [-0.4, -0.2) is 103 Å². The van der Waals surface area contributed by atoms with Crippen molar-refractivity contribution in [1.82, 2.24) is 14.8 Å². The summed E-state index contributed by atoms with van der Waals surface area (Å²) < 4.78 is 50.3.